The number of aromatic nitrogens is 6. The molecule has 1 aliphatic rings. The summed E-state index contributed by atoms with van der Waals surface area (Å²) in [7, 11) is 0. The lowest BCUT2D eigenvalue weighted by Gasteiger charge is -2.28. The van der Waals surface area contributed by atoms with Crippen LogP contribution in [0, 0.1) is 12.7 Å². The van der Waals surface area contributed by atoms with Crippen molar-refractivity contribution >= 4 is 41.1 Å². The van der Waals surface area contributed by atoms with Crippen molar-refractivity contribution in [2.75, 3.05) is 16.8 Å². The van der Waals surface area contributed by atoms with E-state index < -0.39 is 29.3 Å². The molecular weight excluding hydrogens is 549 g/mol. The summed E-state index contributed by atoms with van der Waals surface area (Å²) in [5.41, 5.74) is 0.0434. The zero-order valence-corrected chi connectivity index (χ0v) is 21.7. The van der Waals surface area contributed by atoms with Gasteiger partial charge in [-0.1, -0.05) is 24.2 Å². The molecule has 204 valence electrons. The molecule has 0 spiro atoms. The molecule has 0 unspecified atom stereocenters. The van der Waals surface area contributed by atoms with Gasteiger partial charge in [-0.25, -0.2) is 28.1 Å². The van der Waals surface area contributed by atoms with E-state index in [9.17, 15) is 22.8 Å². The van der Waals surface area contributed by atoms with Crippen LogP contribution in [0.4, 0.5) is 24.8 Å². The summed E-state index contributed by atoms with van der Waals surface area (Å²) < 4.78 is 43.5. The molecule has 40 heavy (non-hydrogen) atoms. The van der Waals surface area contributed by atoms with Crippen LogP contribution in [0.15, 0.2) is 43.5 Å². The molecule has 1 aromatic carbocycles. The number of carbonyl (C=O) groups is 2. The minimum Gasteiger partial charge on any atom is -0.318 e. The normalized spacial score (nSPS) is 12.9. The zero-order valence-electron chi connectivity index (χ0n) is 20.9. The number of aryl methyl sites for hydroxylation is 1. The molecule has 14 heteroatoms. The molecule has 4 aromatic rings. The molecule has 0 saturated carbocycles. The first kappa shape index (κ1) is 26.9. The maximum atomic E-state index is 14.8. The molecule has 1 N–H and O–H groups in total. The van der Waals surface area contributed by atoms with Crippen molar-refractivity contribution in [2.24, 2.45) is 0 Å². The van der Waals surface area contributed by atoms with Crippen LogP contribution in [0.1, 0.15) is 45.8 Å². The summed E-state index contributed by atoms with van der Waals surface area (Å²) in [6, 6.07) is 2.02. The first-order valence-electron chi connectivity index (χ1n) is 11.9. The number of amides is 2. The molecular formula is C26H20ClF3N8O2. The largest absolute Gasteiger partial charge is 0.318 e. The smallest absolute Gasteiger partial charge is 0.276 e. The third kappa shape index (κ3) is 5.15. The molecule has 5 rings (SSSR count). The molecule has 1 saturated heterocycles. The third-order valence-corrected chi connectivity index (χ3v) is 6.50. The SMILES string of the molecule is C=Cc1ncc(-c2c(C(F)F)ccc(Cl)c2F)nc1C(=O)Nc1cnn(Cc2cnc(N3CCC3=O)nc2C)c1. The topological polar surface area (TPSA) is 119 Å². The minimum atomic E-state index is -3.02. The van der Waals surface area contributed by atoms with Crippen LogP contribution in [0.25, 0.3) is 17.3 Å². The molecule has 2 amide bonds. The fourth-order valence-corrected chi connectivity index (χ4v) is 4.17. The van der Waals surface area contributed by atoms with Crippen molar-refractivity contribution in [3.63, 3.8) is 0 Å². The fraction of sp³-hybridized carbons (Fsp3) is 0.192. The van der Waals surface area contributed by atoms with Gasteiger partial charge in [0, 0.05) is 47.7 Å². The number of rotatable bonds is 8. The number of carbonyl (C=O) groups excluding carboxylic acids is 2. The van der Waals surface area contributed by atoms with E-state index in [2.05, 4.69) is 36.9 Å². The van der Waals surface area contributed by atoms with Crippen LogP contribution >= 0.6 is 11.6 Å². The lowest BCUT2D eigenvalue weighted by Crippen LogP contribution is -2.44. The summed E-state index contributed by atoms with van der Waals surface area (Å²) in [4.78, 5) is 43.1. The van der Waals surface area contributed by atoms with Crippen molar-refractivity contribution in [1.29, 1.82) is 0 Å². The van der Waals surface area contributed by atoms with E-state index >= 15 is 0 Å². The molecule has 1 fully saturated rings. The Balaban J connectivity index is 1.37. The average molecular weight is 569 g/mol. The van der Waals surface area contributed by atoms with E-state index in [1.165, 1.54) is 17.2 Å². The Morgan fingerprint density at radius 2 is 2.02 bits per heavy atom. The number of nitrogens with zero attached hydrogens (tertiary/aromatic N) is 7. The maximum absolute atomic E-state index is 14.8. The van der Waals surface area contributed by atoms with Gasteiger partial charge in [0.2, 0.25) is 11.9 Å². The standard InChI is InChI=1S/C26H20ClF3N8O2/c1-3-18-23(36-19(10-31-18)21-16(24(29)30)4-5-17(27)22(21)28)25(40)35-15-9-33-37(12-15)11-14-8-32-26(34-13(14)2)38-7-6-20(38)39/h3-5,8-10,12,24H,1,6-7,11H2,2H3,(H,35,40). The number of anilines is 2. The second-order valence-electron chi connectivity index (χ2n) is 8.78. The number of alkyl halides is 2. The van der Waals surface area contributed by atoms with Crippen LogP contribution < -0.4 is 10.2 Å². The first-order chi connectivity index (χ1) is 19.2. The van der Waals surface area contributed by atoms with Crippen molar-refractivity contribution in [3.8, 4) is 11.3 Å². The predicted molar refractivity (Wildman–Crippen MR) is 141 cm³/mol. The molecule has 10 nitrogen and oxygen atoms in total. The Hall–Kier alpha value is -4.65. The summed E-state index contributed by atoms with van der Waals surface area (Å²) in [5.74, 6) is -1.52. The van der Waals surface area contributed by atoms with Crippen molar-refractivity contribution < 1.29 is 22.8 Å². The molecule has 0 aliphatic carbocycles. The van der Waals surface area contributed by atoms with E-state index in [-0.39, 0.29) is 34.6 Å². The summed E-state index contributed by atoms with van der Waals surface area (Å²) in [6.45, 7) is 6.27. The Labute approximate surface area is 230 Å². The Morgan fingerprint density at radius 3 is 2.67 bits per heavy atom. The highest BCUT2D eigenvalue weighted by Gasteiger charge is 2.28. The first-order valence-corrected chi connectivity index (χ1v) is 12.3. The summed E-state index contributed by atoms with van der Waals surface area (Å²) in [6.07, 6.45) is 4.36. The molecule has 0 bridgehead atoms. The predicted octanol–water partition coefficient (Wildman–Crippen LogP) is 4.85. The molecule has 3 aromatic heterocycles. The van der Waals surface area contributed by atoms with Crippen molar-refractivity contribution in [3.05, 3.63) is 82.5 Å². The Bertz CT molecular complexity index is 1660. The van der Waals surface area contributed by atoms with Crippen LogP contribution in [-0.4, -0.2) is 48.1 Å². The van der Waals surface area contributed by atoms with Gasteiger partial charge in [-0.2, -0.15) is 5.10 Å². The molecule has 1 aliphatic heterocycles. The van der Waals surface area contributed by atoms with E-state index in [0.29, 0.717) is 30.3 Å². The molecule has 0 atom stereocenters. The Morgan fingerprint density at radius 1 is 1.23 bits per heavy atom. The number of nitrogens with one attached hydrogen (secondary N) is 1. The minimum absolute atomic E-state index is 0.0263. The Kier molecular flexibility index (Phi) is 7.30. The summed E-state index contributed by atoms with van der Waals surface area (Å²) >= 11 is 5.82. The highest BCUT2D eigenvalue weighted by Crippen LogP contribution is 2.35. The van der Waals surface area contributed by atoms with E-state index in [0.717, 1.165) is 23.9 Å². The number of hydrogen-bond acceptors (Lipinski definition) is 7. The monoisotopic (exact) mass is 568 g/mol. The van der Waals surface area contributed by atoms with Gasteiger partial charge < -0.3 is 5.32 Å². The van der Waals surface area contributed by atoms with Gasteiger partial charge in [0.1, 0.15) is 0 Å². The number of hydrogen-bond donors (Lipinski definition) is 1. The fourth-order valence-electron chi connectivity index (χ4n) is 4.01. The quantitative estimate of drug-likeness (QED) is 0.302. The summed E-state index contributed by atoms with van der Waals surface area (Å²) in [5, 5.41) is 6.48. The lowest BCUT2D eigenvalue weighted by atomic mass is 10.0. The maximum Gasteiger partial charge on any atom is 0.276 e. The van der Waals surface area contributed by atoms with Crippen molar-refractivity contribution in [1.82, 2.24) is 29.7 Å². The second kappa shape index (κ2) is 10.8. The van der Waals surface area contributed by atoms with Crippen LogP contribution in [0.3, 0.4) is 0 Å². The number of benzene rings is 1. The molecule has 4 heterocycles. The average Bonchev–Trinajstić information content (AvgIpc) is 3.36. The second-order valence-corrected chi connectivity index (χ2v) is 9.18. The lowest BCUT2D eigenvalue weighted by molar-refractivity contribution is -0.122. The number of halogens is 4. The molecule has 0 radical (unpaired) electrons. The van der Waals surface area contributed by atoms with Crippen molar-refractivity contribution in [2.45, 2.75) is 26.3 Å². The van der Waals surface area contributed by atoms with Gasteiger partial charge in [0.05, 0.1) is 41.0 Å². The van der Waals surface area contributed by atoms with Gasteiger partial charge in [0.25, 0.3) is 12.3 Å². The van der Waals surface area contributed by atoms with Gasteiger partial charge in [-0.15, -0.1) is 0 Å². The van der Waals surface area contributed by atoms with Gasteiger partial charge in [-0.3, -0.25) is 24.2 Å². The zero-order chi connectivity index (χ0) is 28.6. The van der Waals surface area contributed by atoms with E-state index in [4.69, 9.17) is 11.6 Å². The van der Waals surface area contributed by atoms with Crippen LogP contribution in [0.5, 0.6) is 0 Å². The van der Waals surface area contributed by atoms with E-state index in [1.807, 2.05) is 0 Å². The van der Waals surface area contributed by atoms with Crippen LogP contribution in [0.2, 0.25) is 5.02 Å². The number of β-lactam (4-membered cyclic amide) rings is 1. The van der Waals surface area contributed by atoms with E-state index in [1.54, 1.807) is 24.0 Å². The van der Waals surface area contributed by atoms with Gasteiger partial charge >= 0.3 is 0 Å². The van der Waals surface area contributed by atoms with Crippen LogP contribution in [-0.2, 0) is 11.3 Å². The highest BCUT2D eigenvalue weighted by molar-refractivity contribution is 6.31. The van der Waals surface area contributed by atoms with Gasteiger partial charge in [-0.05, 0) is 19.1 Å². The highest BCUT2D eigenvalue weighted by atomic mass is 35.5. The third-order valence-electron chi connectivity index (χ3n) is 6.21. The van der Waals surface area contributed by atoms with Gasteiger partial charge in [0.15, 0.2) is 11.5 Å².